The Balaban J connectivity index is 1.55. The predicted molar refractivity (Wildman–Crippen MR) is 123 cm³/mol. The van der Waals surface area contributed by atoms with E-state index >= 15 is 0 Å². The van der Waals surface area contributed by atoms with E-state index in [1.54, 1.807) is 31.5 Å². The summed E-state index contributed by atoms with van der Waals surface area (Å²) in [4.78, 5) is 32.5. The number of nitrogens with one attached hydrogen (secondary N) is 2. The first kappa shape index (κ1) is 21.2. The van der Waals surface area contributed by atoms with Crippen LogP contribution in [-0.4, -0.2) is 27.9 Å². The number of nitro groups is 1. The van der Waals surface area contributed by atoms with Gasteiger partial charge in [-0.15, -0.1) is 0 Å². The number of hydrogen-bond donors (Lipinski definition) is 2. The first-order valence-corrected chi connectivity index (χ1v) is 10.5. The highest BCUT2D eigenvalue weighted by Gasteiger charge is 2.20. The highest BCUT2D eigenvalue weighted by atomic mass is 32.1. The molecule has 32 heavy (non-hydrogen) atoms. The number of anilines is 2. The van der Waals surface area contributed by atoms with Crippen molar-refractivity contribution >= 4 is 44.0 Å². The number of rotatable bonds is 7. The summed E-state index contributed by atoms with van der Waals surface area (Å²) in [6.45, 7) is 1.86. The lowest BCUT2D eigenvalue weighted by molar-refractivity contribution is -0.384. The van der Waals surface area contributed by atoms with Gasteiger partial charge in [-0.3, -0.25) is 25.2 Å². The molecule has 2 N–H and O–H groups in total. The number of ether oxygens (including phenoxy) is 1. The van der Waals surface area contributed by atoms with Gasteiger partial charge in [0.15, 0.2) is 5.13 Å². The molecule has 4 rings (SSSR count). The van der Waals surface area contributed by atoms with Crippen molar-refractivity contribution in [1.82, 2.24) is 9.97 Å². The van der Waals surface area contributed by atoms with Gasteiger partial charge in [-0.05, 0) is 49.4 Å². The number of aromatic nitrogens is 2. The van der Waals surface area contributed by atoms with Crippen LogP contribution in [0.3, 0.4) is 0 Å². The Hall–Kier alpha value is -4.05. The lowest BCUT2D eigenvalue weighted by Gasteiger charge is -2.15. The molecule has 1 atom stereocenters. The molecule has 0 aliphatic heterocycles. The molecular weight excluding hydrogens is 430 g/mol. The Morgan fingerprint density at radius 2 is 2.03 bits per heavy atom. The van der Waals surface area contributed by atoms with Crippen molar-refractivity contribution in [3.63, 3.8) is 0 Å². The van der Waals surface area contributed by atoms with Gasteiger partial charge in [0.2, 0.25) is 0 Å². The molecule has 0 bridgehead atoms. The highest BCUT2D eigenvalue weighted by molar-refractivity contribution is 7.22. The SMILES string of the molecule is COc1ccc2nc(NC(=O)c3ccc(NC(C)c4ccccn4)c([N+](=O)[O-])c3)sc2c1. The van der Waals surface area contributed by atoms with E-state index in [2.05, 4.69) is 20.6 Å². The van der Waals surface area contributed by atoms with E-state index in [1.807, 2.05) is 25.1 Å². The van der Waals surface area contributed by atoms with E-state index in [4.69, 9.17) is 4.74 Å². The number of carbonyl (C=O) groups is 1. The van der Waals surface area contributed by atoms with Gasteiger partial charge in [0.1, 0.15) is 11.4 Å². The lowest BCUT2D eigenvalue weighted by atomic mass is 10.1. The van der Waals surface area contributed by atoms with Crippen LogP contribution in [0.5, 0.6) is 5.75 Å². The average Bonchev–Trinajstić information content (AvgIpc) is 3.20. The molecule has 2 heterocycles. The Kier molecular flexibility index (Phi) is 5.95. The first-order chi connectivity index (χ1) is 15.4. The van der Waals surface area contributed by atoms with Crippen molar-refractivity contribution in [3.05, 3.63) is 82.2 Å². The summed E-state index contributed by atoms with van der Waals surface area (Å²) in [5, 5.41) is 17.8. The van der Waals surface area contributed by atoms with Crippen LogP contribution >= 0.6 is 11.3 Å². The topological polar surface area (TPSA) is 119 Å². The van der Waals surface area contributed by atoms with Gasteiger partial charge >= 0.3 is 0 Å². The maximum Gasteiger partial charge on any atom is 0.293 e. The van der Waals surface area contributed by atoms with Gasteiger partial charge in [-0.25, -0.2) is 4.98 Å². The molecule has 4 aromatic rings. The second-order valence-corrected chi connectivity index (χ2v) is 7.95. The van der Waals surface area contributed by atoms with E-state index in [0.717, 1.165) is 15.9 Å². The molecule has 1 unspecified atom stereocenters. The van der Waals surface area contributed by atoms with Crippen LogP contribution in [0.2, 0.25) is 0 Å². The largest absolute Gasteiger partial charge is 0.497 e. The summed E-state index contributed by atoms with van der Waals surface area (Å²) in [5.41, 5.74) is 1.73. The summed E-state index contributed by atoms with van der Waals surface area (Å²) in [7, 11) is 1.58. The lowest BCUT2D eigenvalue weighted by Crippen LogP contribution is -2.13. The summed E-state index contributed by atoms with van der Waals surface area (Å²) >= 11 is 1.29. The quantitative estimate of drug-likeness (QED) is 0.300. The molecule has 9 nitrogen and oxygen atoms in total. The van der Waals surface area contributed by atoms with Gasteiger partial charge < -0.3 is 10.1 Å². The number of nitro benzene ring substituents is 1. The van der Waals surface area contributed by atoms with E-state index in [-0.39, 0.29) is 17.3 Å². The zero-order valence-corrected chi connectivity index (χ0v) is 18.1. The van der Waals surface area contributed by atoms with E-state index < -0.39 is 10.8 Å². The third-order valence-corrected chi connectivity index (χ3v) is 5.71. The zero-order chi connectivity index (χ0) is 22.7. The van der Waals surface area contributed by atoms with Gasteiger partial charge in [-0.1, -0.05) is 17.4 Å². The minimum Gasteiger partial charge on any atom is -0.497 e. The number of benzene rings is 2. The van der Waals surface area contributed by atoms with Crippen molar-refractivity contribution < 1.29 is 14.5 Å². The molecule has 0 spiro atoms. The van der Waals surface area contributed by atoms with Gasteiger partial charge in [0.05, 0.1) is 34.0 Å². The molecule has 10 heteroatoms. The molecule has 0 radical (unpaired) electrons. The van der Waals surface area contributed by atoms with Crippen molar-refractivity contribution in [2.75, 3.05) is 17.7 Å². The number of methoxy groups -OCH3 is 1. The smallest absolute Gasteiger partial charge is 0.293 e. The minimum absolute atomic E-state index is 0.157. The average molecular weight is 449 g/mol. The molecule has 0 saturated heterocycles. The fraction of sp³-hybridized carbons (Fsp3) is 0.136. The summed E-state index contributed by atoms with van der Waals surface area (Å²) in [6, 6.07) is 14.9. The summed E-state index contributed by atoms with van der Waals surface area (Å²) in [5.74, 6) is 0.209. The monoisotopic (exact) mass is 449 g/mol. The Bertz CT molecular complexity index is 1290. The molecule has 162 valence electrons. The Morgan fingerprint density at radius 1 is 1.19 bits per heavy atom. The van der Waals surface area contributed by atoms with Crippen LogP contribution in [0, 0.1) is 10.1 Å². The standard InChI is InChI=1S/C22H19N5O4S/c1-13(16-5-3-4-10-23-16)24-17-8-6-14(11-19(17)27(29)30)21(28)26-22-25-18-9-7-15(31-2)12-20(18)32-22/h3-13,24H,1-2H3,(H,25,26,28). The van der Waals surface area contributed by atoms with E-state index in [1.165, 1.54) is 29.5 Å². The summed E-state index contributed by atoms with van der Waals surface area (Å²) in [6.07, 6.45) is 1.66. The predicted octanol–water partition coefficient (Wildman–Crippen LogP) is 5.03. The fourth-order valence-corrected chi connectivity index (χ4v) is 4.03. The molecule has 2 aromatic carbocycles. The van der Waals surface area contributed by atoms with Crippen molar-refractivity contribution in [2.45, 2.75) is 13.0 Å². The van der Waals surface area contributed by atoms with Crippen LogP contribution in [-0.2, 0) is 0 Å². The molecular formula is C22H19N5O4S. The van der Waals surface area contributed by atoms with Crippen LogP contribution in [0.15, 0.2) is 60.8 Å². The van der Waals surface area contributed by atoms with Crippen LogP contribution in [0.4, 0.5) is 16.5 Å². The van der Waals surface area contributed by atoms with Crippen LogP contribution in [0.25, 0.3) is 10.2 Å². The third kappa shape index (κ3) is 4.49. The third-order valence-electron chi connectivity index (χ3n) is 4.78. The molecule has 1 amide bonds. The molecule has 0 saturated carbocycles. The van der Waals surface area contributed by atoms with E-state index in [9.17, 15) is 14.9 Å². The summed E-state index contributed by atoms with van der Waals surface area (Å²) < 4.78 is 6.06. The number of fused-ring (bicyclic) bond motifs is 1. The first-order valence-electron chi connectivity index (χ1n) is 9.66. The Labute approximate surface area is 187 Å². The fourth-order valence-electron chi connectivity index (χ4n) is 3.14. The van der Waals surface area contributed by atoms with E-state index in [0.29, 0.717) is 16.6 Å². The minimum atomic E-state index is -0.520. The number of hydrogen-bond acceptors (Lipinski definition) is 8. The van der Waals surface area contributed by atoms with Gasteiger partial charge in [-0.2, -0.15) is 0 Å². The zero-order valence-electron chi connectivity index (χ0n) is 17.2. The molecule has 0 fully saturated rings. The highest BCUT2D eigenvalue weighted by Crippen LogP contribution is 2.31. The van der Waals surface area contributed by atoms with Crippen molar-refractivity contribution in [1.29, 1.82) is 0 Å². The van der Waals surface area contributed by atoms with Crippen LogP contribution in [0.1, 0.15) is 29.0 Å². The molecule has 0 aliphatic carbocycles. The Morgan fingerprint density at radius 3 is 2.75 bits per heavy atom. The number of amides is 1. The number of nitrogens with zero attached hydrogens (tertiary/aromatic N) is 3. The van der Waals surface area contributed by atoms with Gasteiger partial charge in [0.25, 0.3) is 11.6 Å². The molecule has 2 aromatic heterocycles. The second-order valence-electron chi connectivity index (χ2n) is 6.92. The maximum atomic E-state index is 12.7. The van der Waals surface area contributed by atoms with Gasteiger partial charge in [0, 0.05) is 17.8 Å². The maximum absolute atomic E-state index is 12.7. The second kappa shape index (κ2) is 8.98. The number of pyridine rings is 1. The van der Waals surface area contributed by atoms with Crippen molar-refractivity contribution in [2.24, 2.45) is 0 Å². The van der Waals surface area contributed by atoms with Crippen LogP contribution < -0.4 is 15.4 Å². The number of thiazole rings is 1. The number of carbonyl (C=O) groups excluding carboxylic acids is 1. The van der Waals surface area contributed by atoms with Crippen molar-refractivity contribution in [3.8, 4) is 5.75 Å². The normalized spacial score (nSPS) is 11.7. The molecule has 0 aliphatic rings.